The van der Waals surface area contributed by atoms with Gasteiger partial charge >= 0.3 is 0 Å². The molecule has 0 spiro atoms. The first-order valence-electron chi connectivity index (χ1n) is 26.8. The van der Waals surface area contributed by atoms with Gasteiger partial charge in [0.15, 0.2) is 0 Å². The van der Waals surface area contributed by atoms with Crippen LogP contribution in [-0.2, 0) is 0 Å². The summed E-state index contributed by atoms with van der Waals surface area (Å²) >= 11 is 0. The molecule has 2 heteroatoms. The summed E-state index contributed by atoms with van der Waals surface area (Å²) in [5, 5.41) is -2.40. The van der Waals surface area contributed by atoms with Gasteiger partial charge in [-0.15, -0.1) is 0 Å². The molecule has 0 radical (unpaired) electrons. The maximum Gasteiger partial charge on any atom is 0.0651 e. The molecule has 2 heterocycles. The van der Waals surface area contributed by atoms with Gasteiger partial charge in [0.05, 0.1) is 60.4 Å². The Morgan fingerprint density at radius 2 is 0.727 bits per heavy atom. The van der Waals surface area contributed by atoms with Gasteiger partial charge in [0.1, 0.15) is 0 Å². The molecular formula is C42H28N2. The lowest BCUT2D eigenvalue weighted by Crippen LogP contribution is -1.94. The summed E-state index contributed by atoms with van der Waals surface area (Å²) in [7, 11) is 0. The quantitative estimate of drug-likeness (QED) is 0.193. The van der Waals surface area contributed by atoms with E-state index in [2.05, 4.69) is 0 Å². The van der Waals surface area contributed by atoms with Crippen LogP contribution in [0.2, 0.25) is 0 Å². The number of hydrogen-bond donors (Lipinski definition) is 0. The maximum absolute atomic E-state index is 9.78. The first-order valence-corrected chi connectivity index (χ1v) is 12.8. The second-order valence-corrected chi connectivity index (χ2v) is 9.26. The van der Waals surface area contributed by atoms with Crippen LogP contribution in [-0.4, -0.2) is 9.13 Å². The van der Waals surface area contributed by atoms with Crippen molar-refractivity contribution in [1.82, 2.24) is 9.13 Å². The smallest absolute Gasteiger partial charge is 0.0651 e. The molecule has 0 atom stereocenters. The average molecular weight is 589 g/mol. The van der Waals surface area contributed by atoms with E-state index < -0.39 is 246 Å². The van der Waals surface area contributed by atoms with Crippen molar-refractivity contribution in [3.05, 3.63) is 169 Å². The lowest BCUT2D eigenvalue weighted by molar-refractivity contribution is 1.18. The predicted molar refractivity (Wildman–Crippen MR) is 186 cm³/mol. The fourth-order valence-electron chi connectivity index (χ4n) is 5.03. The van der Waals surface area contributed by atoms with Crippen LogP contribution in [0.25, 0.3) is 77.2 Å². The van der Waals surface area contributed by atoms with Crippen LogP contribution in [0.1, 0.15) is 38.4 Å². The minimum absolute atomic E-state index is 0.552. The molecule has 0 amide bonds. The SMILES string of the molecule is [2H]c1c([2H])c([2H])c(-c2c([2H])c([2H])c([2H])c(-n3c4c([2H])c([2H])c([2H])c([2H])c4c4c([2H])c(-c5c([2H])c([2H])c6c(c5[2H])c5c([2H])c([2H])c([2H])c([2H])c5n6-c5c([2H])c([2H])c([2H])c([2H])c5[2H])c([2H])c([2H])c43)c2[2H])c([2H])c1[2H]. The van der Waals surface area contributed by atoms with E-state index in [1.165, 1.54) is 0 Å². The Labute approximate surface area is 295 Å². The van der Waals surface area contributed by atoms with Crippen LogP contribution < -0.4 is 0 Å². The van der Waals surface area contributed by atoms with E-state index in [0.29, 0.717) is 4.57 Å². The van der Waals surface area contributed by atoms with Crippen LogP contribution in [0.3, 0.4) is 0 Å². The average Bonchev–Trinajstić information content (AvgIpc) is 3.89. The molecule has 0 aliphatic carbocycles. The number of rotatable bonds is 4. The molecule has 44 heavy (non-hydrogen) atoms. The molecular weight excluding hydrogens is 532 g/mol. The van der Waals surface area contributed by atoms with Gasteiger partial charge in [0.25, 0.3) is 0 Å². The zero-order chi connectivity index (χ0) is 53.4. The van der Waals surface area contributed by atoms with Gasteiger partial charge in [0.2, 0.25) is 0 Å². The zero-order valence-corrected chi connectivity index (χ0v) is 21.9. The third-order valence-electron chi connectivity index (χ3n) is 6.86. The van der Waals surface area contributed by atoms with E-state index >= 15 is 0 Å². The van der Waals surface area contributed by atoms with Crippen LogP contribution in [0.5, 0.6) is 0 Å². The summed E-state index contributed by atoms with van der Waals surface area (Å²) in [5.74, 6) is 0. The Kier molecular flexibility index (Phi) is 2.14. The van der Waals surface area contributed by atoms with Crippen molar-refractivity contribution in [3.63, 3.8) is 0 Å². The topological polar surface area (TPSA) is 9.86 Å². The van der Waals surface area contributed by atoms with Crippen molar-refractivity contribution in [2.24, 2.45) is 0 Å². The van der Waals surface area contributed by atoms with Gasteiger partial charge in [-0.1, -0.05) is 109 Å². The highest BCUT2D eigenvalue weighted by atomic mass is 15.0. The van der Waals surface area contributed by atoms with Crippen molar-refractivity contribution in [2.45, 2.75) is 0 Å². The molecule has 2 aromatic heterocycles. The molecule has 0 fully saturated rings. The lowest BCUT2D eigenvalue weighted by atomic mass is 10.0. The largest absolute Gasteiger partial charge is 0.309 e. The van der Waals surface area contributed by atoms with Crippen LogP contribution in [0, 0.1) is 0 Å². The third-order valence-corrected chi connectivity index (χ3v) is 6.86. The van der Waals surface area contributed by atoms with Crippen molar-refractivity contribution < 1.29 is 38.4 Å². The summed E-state index contributed by atoms with van der Waals surface area (Å²) < 4.78 is 250. The standard InChI is InChI=1S/C42H28N2/c1-3-12-29(13-4-1)30-14-11-17-34(26-30)44-40-21-10-8-19-36(40)38-28-32(23-25-42(38)44)31-22-24-41-37(27-31)35-18-7-9-20-39(35)43(41)33-15-5-2-6-16-33/h1-28H/i1D,2D,3D,4D,5D,6D,7D,8D,9D,10D,11D,12D,13D,14D,15D,16D,17D,18D,19D,20D,21D,22D,23D,24D,25D,26D,27D,28D. The summed E-state index contributed by atoms with van der Waals surface area (Å²) in [4.78, 5) is 0. The van der Waals surface area contributed by atoms with Gasteiger partial charge in [-0.25, -0.2) is 0 Å². The molecule has 0 bridgehead atoms. The van der Waals surface area contributed by atoms with Crippen molar-refractivity contribution in [2.75, 3.05) is 0 Å². The first-order chi connectivity index (χ1) is 33.5. The van der Waals surface area contributed by atoms with Gasteiger partial charge in [-0.2, -0.15) is 0 Å². The number of aromatic nitrogens is 2. The highest BCUT2D eigenvalue weighted by Gasteiger charge is 2.16. The Hall–Kier alpha value is -5.86. The molecule has 0 N–H and O–H groups in total. The first kappa shape index (κ1) is 9.57. The number of benzene rings is 7. The maximum atomic E-state index is 9.78. The molecule has 9 aromatic rings. The molecule has 0 unspecified atom stereocenters. The van der Waals surface area contributed by atoms with Crippen molar-refractivity contribution in [1.29, 1.82) is 0 Å². The molecule has 0 saturated heterocycles. The third kappa shape index (κ3) is 3.82. The highest BCUT2D eigenvalue weighted by Crippen LogP contribution is 2.38. The summed E-state index contributed by atoms with van der Waals surface area (Å²) in [6.07, 6.45) is 0. The fraction of sp³-hybridized carbons (Fsp3) is 0. The van der Waals surface area contributed by atoms with Crippen LogP contribution in [0.15, 0.2) is 169 Å². The number of para-hydroxylation sites is 3. The van der Waals surface area contributed by atoms with Crippen LogP contribution >= 0.6 is 0 Å². The number of nitrogens with zero attached hydrogens (tertiary/aromatic N) is 2. The monoisotopic (exact) mass is 588 g/mol. The Balaban J connectivity index is 1.51. The second-order valence-electron chi connectivity index (χ2n) is 9.26. The second kappa shape index (κ2) is 9.86. The molecule has 0 aliphatic heterocycles. The van der Waals surface area contributed by atoms with Crippen LogP contribution in [0.4, 0.5) is 0 Å². The summed E-state index contributed by atoms with van der Waals surface area (Å²) in [5.41, 5.74) is -7.37. The van der Waals surface area contributed by atoms with E-state index in [9.17, 15) is 9.60 Å². The fourth-order valence-corrected chi connectivity index (χ4v) is 5.03. The highest BCUT2D eigenvalue weighted by molar-refractivity contribution is 6.12. The molecule has 0 saturated carbocycles. The van der Waals surface area contributed by atoms with Gasteiger partial charge < -0.3 is 9.13 Å². The van der Waals surface area contributed by atoms with Crippen molar-refractivity contribution in [3.8, 4) is 33.6 Å². The molecule has 2 nitrogen and oxygen atoms in total. The summed E-state index contributed by atoms with van der Waals surface area (Å²) in [6.45, 7) is 0. The van der Waals surface area contributed by atoms with E-state index in [1.807, 2.05) is 0 Å². The van der Waals surface area contributed by atoms with Gasteiger partial charge in [0, 0.05) is 32.9 Å². The molecule has 7 aromatic carbocycles. The van der Waals surface area contributed by atoms with E-state index in [0.717, 1.165) is 4.57 Å². The minimum Gasteiger partial charge on any atom is -0.309 e. The number of fused-ring (bicyclic) bond motifs is 6. The van der Waals surface area contributed by atoms with Gasteiger partial charge in [-0.05, 0) is 82.7 Å². The molecule has 0 aliphatic rings. The summed E-state index contributed by atoms with van der Waals surface area (Å²) in [6, 6.07) is -26.0. The van der Waals surface area contributed by atoms with E-state index in [-0.39, 0.29) is 0 Å². The minimum atomic E-state index is -1.06. The molecule has 9 rings (SSSR count). The zero-order valence-electron chi connectivity index (χ0n) is 49.9. The normalized spacial score (nSPS) is 20.5. The van der Waals surface area contributed by atoms with Crippen molar-refractivity contribution >= 4 is 43.6 Å². The van der Waals surface area contributed by atoms with Gasteiger partial charge in [-0.3, -0.25) is 0 Å². The molecule has 206 valence electrons. The Morgan fingerprint density at radius 3 is 1.34 bits per heavy atom. The Morgan fingerprint density at radius 1 is 0.295 bits per heavy atom. The van der Waals surface area contributed by atoms with E-state index in [1.54, 1.807) is 0 Å². The van der Waals surface area contributed by atoms with E-state index in [4.69, 9.17) is 28.8 Å². The lowest BCUT2D eigenvalue weighted by Gasteiger charge is -2.11. The predicted octanol–water partition coefficient (Wildman–Crippen LogP) is 11.2. The Bertz CT molecular complexity index is 4020. The number of hydrogen-bond acceptors (Lipinski definition) is 0.